The van der Waals surface area contributed by atoms with Crippen LogP contribution in [0.4, 0.5) is 0 Å². The molecule has 17 heavy (non-hydrogen) atoms. The lowest BCUT2D eigenvalue weighted by Gasteiger charge is -2.34. The van der Waals surface area contributed by atoms with E-state index in [2.05, 4.69) is 31.0 Å². The second-order valence-corrected chi connectivity index (χ2v) is 5.74. The lowest BCUT2D eigenvalue weighted by atomic mass is 10.00. The molecule has 3 unspecified atom stereocenters. The fourth-order valence-electron chi connectivity index (χ4n) is 2.63. The molecule has 3 N–H and O–H groups in total. The molecule has 4 heteroatoms. The van der Waals surface area contributed by atoms with Gasteiger partial charge in [-0.1, -0.05) is 13.8 Å². The highest BCUT2D eigenvalue weighted by Crippen LogP contribution is 2.24. The first-order valence-corrected chi connectivity index (χ1v) is 6.68. The molecule has 0 spiro atoms. The van der Waals surface area contributed by atoms with Crippen molar-refractivity contribution in [2.24, 2.45) is 11.7 Å². The van der Waals surface area contributed by atoms with Crippen LogP contribution in [0.3, 0.4) is 0 Å². The van der Waals surface area contributed by atoms with Crippen molar-refractivity contribution < 1.29 is 4.79 Å². The second kappa shape index (κ2) is 5.83. The van der Waals surface area contributed by atoms with Crippen LogP contribution < -0.4 is 11.1 Å². The Hall–Kier alpha value is -0.610. The summed E-state index contributed by atoms with van der Waals surface area (Å²) in [6.07, 6.45) is 2.22. The topological polar surface area (TPSA) is 58.4 Å². The summed E-state index contributed by atoms with van der Waals surface area (Å²) in [4.78, 5) is 14.0. The Morgan fingerprint density at radius 1 is 1.53 bits per heavy atom. The van der Waals surface area contributed by atoms with Crippen LogP contribution in [0.15, 0.2) is 0 Å². The first-order valence-electron chi connectivity index (χ1n) is 6.68. The van der Waals surface area contributed by atoms with Gasteiger partial charge in [0.1, 0.15) is 5.54 Å². The van der Waals surface area contributed by atoms with Gasteiger partial charge in [0.15, 0.2) is 0 Å². The molecule has 1 saturated heterocycles. The summed E-state index contributed by atoms with van der Waals surface area (Å²) in [6.45, 7) is 11.1. The summed E-state index contributed by atoms with van der Waals surface area (Å²) >= 11 is 0. The fourth-order valence-corrected chi connectivity index (χ4v) is 2.63. The van der Waals surface area contributed by atoms with Crippen LogP contribution in [0.5, 0.6) is 0 Å². The van der Waals surface area contributed by atoms with E-state index in [1.54, 1.807) is 0 Å². The number of likely N-dealkylation sites (tertiary alicyclic amines) is 1. The molecule has 0 radical (unpaired) electrons. The van der Waals surface area contributed by atoms with Crippen molar-refractivity contribution >= 4 is 5.91 Å². The van der Waals surface area contributed by atoms with E-state index in [-0.39, 0.29) is 5.91 Å². The number of primary amides is 1. The van der Waals surface area contributed by atoms with Gasteiger partial charge in [0, 0.05) is 19.1 Å². The second-order valence-electron chi connectivity index (χ2n) is 5.74. The number of nitrogens with one attached hydrogen (secondary N) is 1. The molecule has 0 aromatic carbocycles. The molecule has 100 valence electrons. The van der Waals surface area contributed by atoms with Crippen LogP contribution in [0.25, 0.3) is 0 Å². The van der Waals surface area contributed by atoms with Gasteiger partial charge in [-0.15, -0.1) is 0 Å². The largest absolute Gasteiger partial charge is 0.368 e. The zero-order valence-electron chi connectivity index (χ0n) is 11.6. The van der Waals surface area contributed by atoms with Crippen molar-refractivity contribution in [1.29, 1.82) is 0 Å². The van der Waals surface area contributed by atoms with E-state index in [1.165, 1.54) is 6.42 Å². The van der Waals surface area contributed by atoms with Crippen LogP contribution in [0.1, 0.15) is 40.5 Å². The third kappa shape index (κ3) is 3.68. The minimum atomic E-state index is -0.603. The van der Waals surface area contributed by atoms with E-state index in [0.29, 0.717) is 18.5 Å². The van der Waals surface area contributed by atoms with Crippen molar-refractivity contribution in [2.45, 2.75) is 52.1 Å². The molecule has 0 saturated carbocycles. The van der Waals surface area contributed by atoms with E-state index in [9.17, 15) is 4.79 Å². The molecular weight excluding hydrogens is 214 g/mol. The maximum Gasteiger partial charge on any atom is 0.238 e. The highest BCUT2D eigenvalue weighted by Gasteiger charge is 2.36. The highest BCUT2D eigenvalue weighted by molar-refractivity contribution is 5.84. The summed E-state index contributed by atoms with van der Waals surface area (Å²) in [7, 11) is 0. The molecule has 1 heterocycles. The number of hydrogen-bond acceptors (Lipinski definition) is 3. The van der Waals surface area contributed by atoms with Crippen molar-refractivity contribution in [3.05, 3.63) is 0 Å². The molecule has 1 aliphatic heterocycles. The number of rotatable bonds is 6. The maximum absolute atomic E-state index is 11.6. The first kappa shape index (κ1) is 14.5. The number of carbonyl (C=O) groups excluding carboxylic acids is 1. The summed E-state index contributed by atoms with van der Waals surface area (Å²) in [5, 5.41) is 3.29. The Kier molecular flexibility index (Phi) is 4.95. The quantitative estimate of drug-likeness (QED) is 0.728. The molecule has 0 aromatic rings. The molecule has 0 bridgehead atoms. The molecule has 1 rings (SSSR count). The minimum absolute atomic E-state index is 0.252. The third-order valence-corrected chi connectivity index (χ3v) is 3.74. The van der Waals surface area contributed by atoms with Crippen LogP contribution in [0.2, 0.25) is 0 Å². The predicted octanol–water partition coefficient (Wildman–Crippen LogP) is 0.960. The van der Waals surface area contributed by atoms with Crippen molar-refractivity contribution in [3.8, 4) is 0 Å². The molecule has 4 nitrogen and oxygen atoms in total. The van der Waals surface area contributed by atoms with E-state index in [0.717, 1.165) is 19.5 Å². The van der Waals surface area contributed by atoms with Gasteiger partial charge < -0.3 is 11.1 Å². The fraction of sp³-hybridized carbons (Fsp3) is 0.923. The Morgan fingerprint density at radius 2 is 2.18 bits per heavy atom. The van der Waals surface area contributed by atoms with Crippen LogP contribution in [-0.4, -0.2) is 42.0 Å². The maximum atomic E-state index is 11.6. The minimum Gasteiger partial charge on any atom is -0.368 e. The van der Waals surface area contributed by atoms with Gasteiger partial charge in [0.05, 0.1) is 0 Å². The van der Waals surface area contributed by atoms with E-state index >= 15 is 0 Å². The van der Waals surface area contributed by atoms with Crippen molar-refractivity contribution in [1.82, 2.24) is 10.2 Å². The Labute approximate surface area is 105 Å². The lowest BCUT2D eigenvalue weighted by Crippen LogP contribution is -2.60. The summed E-state index contributed by atoms with van der Waals surface area (Å²) in [5.41, 5.74) is 4.94. The average Bonchev–Trinajstić information content (AvgIpc) is 2.54. The van der Waals surface area contributed by atoms with Crippen LogP contribution >= 0.6 is 0 Å². The van der Waals surface area contributed by atoms with Gasteiger partial charge in [0.25, 0.3) is 0 Å². The van der Waals surface area contributed by atoms with Crippen LogP contribution in [0, 0.1) is 5.92 Å². The smallest absolute Gasteiger partial charge is 0.238 e. The van der Waals surface area contributed by atoms with Gasteiger partial charge >= 0.3 is 0 Å². The number of nitrogens with zero attached hydrogens (tertiary/aromatic N) is 1. The predicted molar refractivity (Wildman–Crippen MR) is 70.7 cm³/mol. The number of amides is 1. The van der Waals surface area contributed by atoms with E-state index in [1.807, 2.05) is 6.92 Å². The number of nitrogens with two attached hydrogens (primary N) is 1. The molecule has 0 aliphatic carbocycles. The monoisotopic (exact) mass is 241 g/mol. The Morgan fingerprint density at radius 3 is 2.59 bits per heavy atom. The van der Waals surface area contributed by atoms with Gasteiger partial charge in [-0.05, 0) is 39.2 Å². The average molecular weight is 241 g/mol. The molecule has 1 fully saturated rings. The molecule has 1 aliphatic rings. The summed E-state index contributed by atoms with van der Waals surface area (Å²) in [5.74, 6) is 0.464. The molecule has 3 atom stereocenters. The van der Waals surface area contributed by atoms with E-state index < -0.39 is 5.54 Å². The first-order chi connectivity index (χ1) is 7.89. The van der Waals surface area contributed by atoms with Crippen molar-refractivity contribution in [2.75, 3.05) is 19.6 Å². The molecule has 0 aromatic heterocycles. The van der Waals surface area contributed by atoms with Crippen molar-refractivity contribution in [3.63, 3.8) is 0 Å². The third-order valence-electron chi connectivity index (χ3n) is 3.74. The van der Waals surface area contributed by atoms with Gasteiger partial charge in [-0.3, -0.25) is 9.69 Å². The summed E-state index contributed by atoms with van der Waals surface area (Å²) < 4.78 is 0. The Balaban J connectivity index is 2.63. The normalized spacial score (nSPS) is 29.2. The van der Waals surface area contributed by atoms with Gasteiger partial charge in [-0.2, -0.15) is 0 Å². The van der Waals surface area contributed by atoms with Gasteiger partial charge in [-0.25, -0.2) is 0 Å². The summed E-state index contributed by atoms with van der Waals surface area (Å²) in [6, 6.07) is 0.548. The highest BCUT2D eigenvalue weighted by atomic mass is 16.1. The lowest BCUT2D eigenvalue weighted by molar-refractivity contribution is -0.124. The van der Waals surface area contributed by atoms with Gasteiger partial charge in [0.2, 0.25) is 5.91 Å². The number of carbonyl (C=O) groups is 1. The Bertz CT molecular complexity index is 269. The zero-order chi connectivity index (χ0) is 13.1. The zero-order valence-corrected chi connectivity index (χ0v) is 11.6. The standard InChI is InChI=1S/C13H27N3O/c1-5-6-15-13(4,12(14)17)9-16-8-10(2)7-11(16)3/h10-11,15H,5-9H2,1-4H3,(H2,14,17). The number of hydrogen-bond donors (Lipinski definition) is 2. The van der Waals surface area contributed by atoms with E-state index in [4.69, 9.17) is 5.73 Å². The SMILES string of the molecule is CCCNC(C)(CN1CC(C)CC1C)C(N)=O. The molecule has 1 amide bonds. The van der Waals surface area contributed by atoms with Crippen LogP contribution in [-0.2, 0) is 4.79 Å². The molecular formula is C13H27N3O.